The van der Waals surface area contributed by atoms with Crippen LogP contribution < -0.4 is 0 Å². The number of carboxylic acid groups (broad SMARTS) is 1. The first-order valence-electron chi connectivity index (χ1n) is 6.64. The zero-order chi connectivity index (χ0) is 15.6. The average molecular weight is 287 g/mol. The molecule has 0 saturated heterocycles. The zero-order valence-corrected chi connectivity index (χ0v) is 12.2. The molecule has 110 valence electrons. The topological polar surface area (TPSA) is 83.4 Å². The quantitative estimate of drug-likeness (QED) is 0.929. The minimum Gasteiger partial charge on any atom is -0.480 e. The molecule has 21 heavy (non-hydrogen) atoms. The van der Waals surface area contributed by atoms with Crippen LogP contribution in [-0.2, 0) is 4.79 Å². The molecule has 2 aromatic rings. The van der Waals surface area contributed by atoms with Crippen molar-refractivity contribution >= 4 is 22.9 Å². The molecule has 0 fully saturated rings. The standard InChI is InChI=1S/C15H17N3O3/c1-4-18(15(2,3)14(20)21)13(19)10-5-6-11-12(9-10)17-8-7-16-11/h5-9H,4H2,1-3H3,(H,20,21). The number of rotatable bonds is 4. The maximum Gasteiger partial charge on any atom is 0.329 e. The predicted octanol–water partition coefficient (Wildman–Crippen LogP) is 1.96. The van der Waals surface area contributed by atoms with Crippen LogP contribution in [0.15, 0.2) is 30.6 Å². The Morgan fingerprint density at radius 1 is 1.19 bits per heavy atom. The number of carbonyl (C=O) groups is 2. The average Bonchev–Trinajstić information content (AvgIpc) is 2.46. The van der Waals surface area contributed by atoms with Crippen molar-refractivity contribution in [2.75, 3.05) is 6.54 Å². The van der Waals surface area contributed by atoms with Gasteiger partial charge in [0, 0.05) is 24.5 Å². The second-order valence-corrected chi connectivity index (χ2v) is 5.17. The highest BCUT2D eigenvalue weighted by molar-refractivity contribution is 5.99. The molecule has 0 aliphatic rings. The van der Waals surface area contributed by atoms with E-state index in [1.54, 1.807) is 37.5 Å². The van der Waals surface area contributed by atoms with Crippen molar-refractivity contribution < 1.29 is 14.7 Å². The van der Waals surface area contributed by atoms with Crippen LogP contribution in [0.1, 0.15) is 31.1 Å². The Morgan fingerprint density at radius 3 is 2.38 bits per heavy atom. The number of hydrogen-bond acceptors (Lipinski definition) is 4. The molecule has 0 aliphatic carbocycles. The Kier molecular flexibility index (Phi) is 3.88. The number of aliphatic carboxylic acids is 1. The van der Waals surface area contributed by atoms with E-state index in [4.69, 9.17) is 0 Å². The summed E-state index contributed by atoms with van der Waals surface area (Å²) in [5.74, 6) is -1.38. The fourth-order valence-corrected chi connectivity index (χ4v) is 2.16. The number of hydrogen-bond donors (Lipinski definition) is 1. The van der Waals surface area contributed by atoms with E-state index in [0.717, 1.165) is 0 Å². The van der Waals surface area contributed by atoms with Crippen molar-refractivity contribution in [3.8, 4) is 0 Å². The van der Waals surface area contributed by atoms with Gasteiger partial charge in [0.15, 0.2) is 0 Å². The lowest BCUT2D eigenvalue weighted by atomic mass is 10.0. The first-order valence-corrected chi connectivity index (χ1v) is 6.64. The number of aromatic nitrogens is 2. The Bertz CT molecular complexity index is 697. The fourth-order valence-electron chi connectivity index (χ4n) is 2.16. The van der Waals surface area contributed by atoms with Gasteiger partial charge in [0.1, 0.15) is 5.54 Å². The van der Waals surface area contributed by atoms with Crippen LogP contribution in [0.4, 0.5) is 0 Å². The van der Waals surface area contributed by atoms with E-state index in [2.05, 4.69) is 9.97 Å². The molecule has 1 aromatic carbocycles. The molecule has 0 atom stereocenters. The molecular formula is C15H17N3O3. The largest absolute Gasteiger partial charge is 0.480 e. The lowest BCUT2D eigenvalue weighted by molar-refractivity contribution is -0.147. The first kappa shape index (κ1) is 14.9. The zero-order valence-electron chi connectivity index (χ0n) is 12.2. The van der Waals surface area contributed by atoms with Crippen molar-refractivity contribution in [1.82, 2.24) is 14.9 Å². The summed E-state index contributed by atoms with van der Waals surface area (Å²) in [6.45, 7) is 5.08. The lowest BCUT2D eigenvalue weighted by Crippen LogP contribution is -2.52. The minimum absolute atomic E-state index is 0.302. The molecule has 2 rings (SSSR count). The van der Waals surface area contributed by atoms with Crippen LogP contribution in [0.5, 0.6) is 0 Å². The number of carboxylic acids is 1. The van der Waals surface area contributed by atoms with E-state index < -0.39 is 11.5 Å². The molecule has 1 amide bonds. The lowest BCUT2D eigenvalue weighted by Gasteiger charge is -2.34. The summed E-state index contributed by atoms with van der Waals surface area (Å²) in [5.41, 5.74) is 0.421. The molecule has 0 unspecified atom stereocenters. The maximum absolute atomic E-state index is 12.6. The van der Waals surface area contributed by atoms with E-state index in [1.165, 1.54) is 18.7 Å². The highest BCUT2D eigenvalue weighted by Gasteiger charge is 2.37. The molecule has 1 aromatic heterocycles. The van der Waals surface area contributed by atoms with E-state index >= 15 is 0 Å². The highest BCUT2D eigenvalue weighted by atomic mass is 16.4. The van der Waals surface area contributed by atoms with Gasteiger partial charge in [0.05, 0.1) is 11.0 Å². The number of nitrogens with zero attached hydrogens (tertiary/aromatic N) is 3. The third-order valence-electron chi connectivity index (χ3n) is 3.48. The minimum atomic E-state index is -1.27. The molecule has 0 saturated carbocycles. The molecular weight excluding hydrogens is 270 g/mol. The summed E-state index contributed by atoms with van der Waals surface area (Å²) in [5, 5.41) is 9.29. The van der Waals surface area contributed by atoms with Gasteiger partial charge in [0.25, 0.3) is 5.91 Å². The maximum atomic E-state index is 12.6. The van der Waals surface area contributed by atoms with E-state index in [-0.39, 0.29) is 5.91 Å². The Hall–Kier alpha value is -2.50. The smallest absolute Gasteiger partial charge is 0.329 e. The van der Waals surface area contributed by atoms with Crippen LogP contribution in [-0.4, -0.2) is 43.9 Å². The fraction of sp³-hybridized carbons (Fsp3) is 0.333. The van der Waals surface area contributed by atoms with Gasteiger partial charge in [-0.15, -0.1) is 0 Å². The summed E-state index contributed by atoms with van der Waals surface area (Å²) in [4.78, 5) is 33.6. The highest BCUT2D eigenvalue weighted by Crippen LogP contribution is 2.20. The summed E-state index contributed by atoms with van der Waals surface area (Å²) in [6.07, 6.45) is 3.13. The van der Waals surface area contributed by atoms with Crippen LogP contribution >= 0.6 is 0 Å². The van der Waals surface area contributed by atoms with Gasteiger partial charge in [0.2, 0.25) is 0 Å². The Morgan fingerprint density at radius 2 is 1.81 bits per heavy atom. The van der Waals surface area contributed by atoms with Crippen molar-refractivity contribution in [2.24, 2.45) is 0 Å². The Balaban J connectivity index is 2.42. The van der Waals surface area contributed by atoms with Crippen molar-refractivity contribution in [3.63, 3.8) is 0 Å². The monoisotopic (exact) mass is 287 g/mol. The number of carbonyl (C=O) groups excluding carboxylic acids is 1. The SMILES string of the molecule is CCN(C(=O)c1ccc2nccnc2c1)C(C)(C)C(=O)O. The summed E-state index contributed by atoms with van der Waals surface area (Å²) in [7, 11) is 0. The van der Waals surface area contributed by atoms with Gasteiger partial charge in [-0.1, -0.05) is 0 Å². The van der Waals surface area contributed by atoms with Crippen molar-refractivity contribution in [2.45, 2.75) is 26.3 Å². The van der Waals surface area contributed by atoms with Gasteiger partial charge in [-0.25, -0.2) is 4.79 Å². The number of fused-ring (bicyclic) bond motifs is 1. The van der Waals surface area contributed by atoms with Crippen LogP contribution in [0, 0.1) is 0 Å². The van der Waals surface area contributed by atoms with Crippen molar-refractivity contribution in [1.29, 1.82) is 0 Å². The first-order chi connectivity index (χ1) is 9.87. The number of likely N-dealkylation sites (N-methyl/N-ethyl adjacent to an activating group) is 1. The molecule has 1 N–H and O–H groups in total. The summed E-state index contributed by atoms with van der Waals surface area (Å²) < 4.78 is 0. The molecule has 0 radical (unpaired) electrons. The van der Waals surface area contributed by atoms with Crippen LogP contribution in [0.25, 0.3) is 11.0 Å². The number of benzene rings is 1. The van der Waals surface area contributed by atoms with E-state index in [9.17, 15) is 14.7 Å². The third kappa shape index (κ3) is 2.69. The van der Waals surface area contributed by atoms with Gasteiger partial charge >= 0.3 is 5.97 Å². The second-order valence-electron chi connectivity index (χ2n) is 5.17. The van der Waals surface area contributed by atoms with Gasteiger partial charge in [-0.2, -0.15) is 0 Å². The van der Waals surface area contributed by atoms with Crippen molar-refractivity contribution in [3.05, 3.63) is 36.2 Å². The Labute approximate surface area is 122 Å². The number of amides is 1. The molecule has 0 bridgehead atoms. The summed E-state index contributed by atoms with van der Waals surface area (Å²) >= 11 is 0. The summed E-state index contributed by atoms with van der Waals surface area (Å²) in [6, 6.07) is 4.97. The molecule has 6 nitrogen and oxygen atoms in total. The molecule has 1 heterocycles. The van der Waals surface area contributed by atoms with Gasteiger partial charge in [-0.3, -0.25) is 14.8 Å². The molecule has 6 heteroatoms. The molecule has 0 spiro atoms. The third-order valence-corrected chi connectivity index (χ3v) is 3.48. The predicted molar refractivity (Wildman–Crippen MR) is 78.0 cm³/mol. The van der Waals surface area contributed by atoms with E-state index in [0.29, 0.717) is 23.1 Å². The van der Waals surface area contributed by atoms with Crippen LogP contribution in [0.2, 0.25) is 0 Å². The van der Waals surface area contributed by atoms with Gasteiger partial charge < -0.3 is 10.0 Å². The van der Waals surface area contributed by atoms with Gasteiger partial charge in [-0.05, 0) is 39.0 Å². The normalized spacial score (nSPS) is 11.4. The van der Waals surface area contributed by atoms with E-state index in [1.807, 2.05) is 0 Å². The second kappa shape index (κ2) is 5.47. The molecule has 0 aliphatic heterocycles. The van der Waals surface area contributed by atoms with Crippen LogP contribution in [0.3, 0.4) is 0 Å².